The summed E-state index contributed by atoms with van der Waals surface area (Å²) in [4.78, 5) is 37.8. The molecular formula is C6H15O4P. The number of hydrogen-bond donors (Lipinski definition) is 3. The first-order valence-electron chi connectivity index (χ1n) is 3.50. The van der Waals surface area contributed by atoms with Gasteiger partial charge >= 0.3 is 65.1 Å². The van der Waals surface area contributed by atoms with Gasteiger partial charge in [-0.05, 0) is 0 Å². The molecule has 0 aliphatic rings. The van der Waals surface area contributed by atoms with Crippen LogP contribution in [0.4, 0.5) is 0 Å². The third kappa shape index (κ3) is 5.27. The zero-order valence-electron chi connectivity index (χ0n) is 6.82. The van der Waals surface area contributed by atoms with Crippen LogP contribution < -0.4 is 0 Å². The van der Waals surface area contributed by atoms with Gasteiger partial charge in [0.1, 0.15) is 0 Å². The monoisotopic (exact) mass is 182 g/mol. The molecule has 0 unspecified atom stereocenters. The van der Waals surface area contributed by atoms with Crippen molar-refractivity contribution < 1.29 is 19.5 Å². The Bertz CT molecular complexity index is 158. The molecule has 4 nitrogen and oxygen atoms in total. The van der Waals surface area contributed by atoms with Gasteiger partial charge in [-0.2, -0.15) is 0 Å². The molecule has 0 aromatic heterocycles. The van der Waals surface area contributed by atoms with E-state index in [9.17, 15) is 4.79 Å². The van der Waals surface area contributed by atoms with Crippen molar-refractivity contribution in [2.24, 2.45) is 0 Å². The minimum absolute atomic E-state index is 0.0230. The molecule has 0 heterocycles. The van der Waals surface area contributed by atoms with Crippen molar-refractivity contribution in [1.82, 2.24) is 0 Å². The average molecular weight is 182 g/mol. The molecule has 5 heteroatoms. The first-order chi connectivity index (χ1) is 4.74. The SMILES string of the molecule is CCP(O)(O)(O)CCC(C)=O. The Morgan fingerprint density at radius 1 is 1.36 bits per heavy atom. The molecule has 0 fully saturated rings. The van der Waals surface area contributed by atoms with Crippen LogP contribution in [0.3, 0.4) is 0 Å². The van der Waals surface area contributed by atoms with Crippen LogP contribution in [-0.2, 0) is 4.79 Å². The minimum atomic E-state index is -4.42. The number of Topliss-reactive ketones (excluding diaryl/α,β-unsaturated/α-hetero) is 1. The molecule has 0 atom stereocenters. The van der Waals surface area contributed by atoms with E-state index in [4.69, 9.17) is 14.7 Å². The third-order valence-electron chi connectivity index (χ3n) is 1.57. The first-order valence-corrected chi connectivity index (χ1v) is 5.96. The molecule has 68 valence electrons. The second-order valence-electron chi connectivity index (χ2n) is 2.83. The number of hydrogen-bond acceptors (Lipinski definition) is 4. The Morgan fingerprint density at radius 2 is 1.82 bits per heavy atom. The molecule has 0 rings (SSSR count). The van der Waals surface area contributed by atoms with Gasteiger partial charge in [-0.15, -0.1) is 0 Å². The molecule has 0 aromatic carbocycles. The van der Waals surface area contributed by atoms with Crippen LogP contribution in [0, 0.1) is 0 Å². The third-order valence-corrected chi connectivity index (χ3v) is 4.01. The topological polar surface area (TPSA) is 77.8 Å². The summed E-state index contributed by atoms with van der Waals surface area (Å²) in [5.41, 5.74) is 0. The van der Waals surface area contributed by atoms with E-state index in [1.54, 1.807) is 0 Å². The molecule has 0 bridgehead atoms. The van der Waals surface area contributed by atoms with Gasteiger partial charge in [-0.25, -0.2) is 0 Å². The van der Waals surface area contributed by atoms with Gasteiger partial charge in [0.15, 0.2) is 0 Å². The van der Waals surface area contributed by atoms with Gasteiger partial charge in [0, 0.05) is 0 Å². The van der Waals surface area contributed by atoms with Crippen LogP contribution in [0.2, 0.25) is 0 Å². The predicted octanol–water partition coefficient (Wildman–Crippen LogP) is 0.261. The van der Waals surface area contributed by atoms with E-state index in [0.717, 1.165) is 0 Å². The first kappa shape index (κ1) is 11.0. The number of carbonyl (C=O) groups excluding carboxylic acids is 1. The molecule has 0 aliphatic carbocycles. The summed E-state index contributed by atoms with van der Waals surface area (Å²) in [7, 11) is -4.42. The van der Waals surface area contributed by atoms with Crippen molar-refractivity contribution in [2.45, 2.75) is 20.3 Å². The summed E-state index contributed by atoms with van der Waals surface area (Å²) < 4.78 is 0. The fourth-order valence-corrected chi connectivity index (χ4v) is 1.63. The van der Waals surface area contributed by atoms with Crippen LogP contribution in [0.15, 0.2) is 0 Å². The van der Waals surface area contributed by atoms with Crippen molar-refractivity contribution in [2.75, 3.05) is 12.3 Å². The van der Waals surface area contributed by atoms with Gasteiger partial charge in [0.25, 0.3) is 0 Å². The van der Waals surface area contributed by atoms with Crippen molar-refractivity contribution in [3.8, 4) is 0 Å². The Hall–Kier alpha value is -0.0200. The summed E-state index contributed by atoms with van der Waals surface area (Å²) in [6, 6.07) is 0. The van der Waals surface area contributed by atoms with E-state index in [0.29, 0.717) is 0 Å². The van der Waals surface area contributed by atoms with Gasteiger partial charge in [0.05, 0.1) is 0 Å². The van der Waals surface area contributed by atoms with Crippen LogP contribution in [0.5, 0.6) is 0 Å². The molecule has 0 saturated heterocycles. The summed E-state index contributed by atoms with van der Waals surface area (Å²) in [5, 5.41) is 0. The van der Waals surface area contributed by atoms with Gasteiger partial charge in [0.2, 0.25) is 0 Å². The van der Waals surface area contributed by atoms with E-state index >= 15 is 0 Å². The zero-order chi connectivity index (χ0) is 9.15. The fourth-order valence-electron chi connectivity index (χ4n) is 0.545. The molecule has 0 aliphatic heterocycles. The van der Waals surface area contributed by atoms with Crippen molar-refractivity contribution in [3.63, 3.8) is 0 Å². The Kier molecular flexibility index (Phi) is 3.15. The fraction of sp³-hybridized carbons (Fsp3) is 0.833. The van der Waals surface area contributed by atoms with Crippen molar-refractivity contribution >= 4 is 13.1 Å². The quantitative estimate of drug-likeness (QED) is 0.545. The zero-order valence-corrected chi connectivity index (χ0v) is 7.71. The molecule has 0 spiro atoms. The van der Waals surface area contributed by atoms with Crippen LogP contribution in [0.25, 0.3) is 0 Å². The van der Waals surface area contributed by atoms with Gasteiger partial charge in [-0.3, -0.25) is 0 Å². The van der Waals surface area contributed by atoms with Crippen LogP contribution >= 0.6 is 7.28 Å². The Balaban J connectivity index is 4.01. The van der Waals surface area contributed by atoms with Gasteiger partial charge in [-0.1, -0.05) is 0 Å². The Labute approximate surface area is 66.0 Å². The van der Waals surface area contributed by atoms with Crippen molar-refractivity contribution in [1.29, 1.82) is 0 Å². The number of carbonyl (C=O) groups is 1. The molecule has 3 N–H and O–H groups in total. The summed E-state index contributed by atoms with van der Waals surface area (Å²) >= 11 is 0. The van der Waals surface area contributed by atoms with Crippen LogP contribution in [-0.4, -0.2) is 32.8 Å². The second-order valence-corrected chi connectivity index (χ2v) is 6.59. The Morgan fingerprint density at radius 3 is 2.09 bits per heavy atom. The van der Waals surface area contributed by atoms with Crippen molar-refractivity contribution in [3.05, 3.63) is 0 Å². The normalized spacial score (nSPS) is 15.5. The van der Waals surface area contributed by atoms with E-state index < -0.39 is 7.28 Å². The maximum atomic E-state index is 10.4. The molecular weight excluding hydrogens is 167 g/mol. The molecule has 0 amide bonds. The average Bonchev–Trinajstić information content (AvgIpc) is 1.84. The molecule has 11 heavy (non-hydrogen) atoms. The molecule has 0 radical (unpaired) electrons. The van der Waals surface area contributed by atoms with E-state index in [1.165, 1.54) is 13.8 Å². The molecule has 0 saturated carbocycles. The van der Waals surface area contributed by atoms with E-state index in [-0.39, 0.29) is 24.5 Å². The molecule has 0 aromatic rings. The van der Waals surface area contributed by atoms with Gasteiger partial charge < -0.3 is 0 Å². The maximum absolute atomic E-state index is 10.4. The predicted molar refractivity (Wildman–Crippen MR) is 44.3 cm³/mol. The van der Waals surface area contributed by atoms with E-state index in [1.807, 2.05) is 0 Å². The number of rotatable bonds is 4. The standard InChI is InChI=1S/C6H15O4P/c1-3-11(8,9,10)5-4-6(2)7/h8-10H,3-5H2,1-2H3. The number of ketones is 1. The summed E-state index contributed by atoms with van der Waals surface area (Å²) in [6.07, 6.45) is -0.272. The van der Waals surface area contributed by atoms with Crippen LogP contribution in [0.1, 0.15) is 20.3 Å². The second kappa shape index (κ2) is 3.15. The van der Waals surface area contributed by atoms with E-state index in [2.05, 4.69) is 0 Å². The summed E-state index contributed by atoms with van der Waals surface area (Å²) in [6.45, 7) is 2.83. The summed E-state index contributed by atoms with van der Waals surface area (Å²) in [5.74, 6) is -0.149.